The second-order valence-corrected chi connectivity index (χ2v) is 6.62. The Morgan fingerprint density at radius 2 is 1.88 bits per heavy atom. The van der Waals surface area contributed by atoms with Crippen molar-refractivity contribution in [1.29, 1.82) is 0 Å². The van der Waals surface area contributed by atoms with Gasteiger partial charge in [0, 0.05) is 11.9 Å². The lowest BCUT2D eigenvalue weighted by Crippen LogP contribution is -2.36. The summed E-state index contributed by atoms with van der Waals surface area (Å²) in [5.74, 6) is -0.138. The van der Waals surface area contributed by atoms with Crippen LogP contribution in [0.2, 0.25) is 0 Å². The molecule has 1 fully saturated rings. The minimum atomic E-state index is -3.53. The molecule has 2 rings (SSSR count). The van der Waals surface area contributed by atoms with Crippen LogP contribution in [0.4, 0.5) is 4.39 Å². The SMILES string of the molecule is O=S(=O)(NCC1CC(Cl)C1)c1ccc(F)cc1. The summed E-state index contributed by atoms with van der Waals surface area (Å²) in [7, 11) is -3.53. The van der Waals surface area contributed by atoms with Crippen LogP contribution in [0.15, 0.2) is 29.2 Å². The first-order chi connectivity index (χ1) is 7.97. The van der Waals surface area contributed by atoms with Gasteiger partial charge in [-0.15, -0.1) is 11.6 Å². The molecule has 0 radical (unpaired) electrons. The number of nitrogens with one attached hydrogen (secondary N) is 1. The maximum atomic E-state index is 12.7. The van der Waals surface area contributed by atoms with Gasteiger partial charge in [0.25, 0.3) is 0 Å². The molecule has 94 valence electrons. The second-order valence-electron chi connectivity index (χ2n) is 4.24. The molecular weight excluding hydrogens is 265 g/mol. The van der Waals surface area contributed by atoms with Gasteiger partial charge >= 0.3 is 0 Å². The maximum absolute atomic E-state index is 12.7. The van der Waals surface area contributed by atoms with Gasteiger partial charge in [-0.05, 0) is 43.0 Å². The number of hydrogen-bond acceptors (Lipinski definition) is 2. The molecule has 0 atom stereocenters. The molecule has 1 aromatic rings. The van der Waals surface area contributed by atoms with Crippen molar-refractivity contribution in [3.05, 3.63) is 30.1 Å². The van der Waals surface area contributed by atoms with E-state index in [-0.39, 0.29) is 10.3 Å². The lowest BCUT2D eigenvalue weighted by Gasteiger charge is -2.30. The molecule has 0 spiro atoms. The number of rotatable bonds is 4. The quantitative estimate of drug-likeness (QED) is 0.857. The molecule has 0 unspecified atom stereocenters. The van der Waals surface area contributed by atoms with Crippen LogP contribution in [0.1, 0.15) is 12.8 Å². The van der Waals surface area contributed by atoms with Crippen LogP contribution >= 0.6 is 11.6 Å². The summed E-state index contributed by atoms with van der Waals surface area (Å²) in [4.78, 5) is 0.0839. The van der Waals surface area contributed by atoms with E-state index in [4.69, 9.17) is 11.6 Å². The fraction of sp³-hybridized carbons (Fsp3) is 0.455. The normalized spacial score (nSPS) is 24.4. The first kappa shape index (κ1) is 12.8. The second kappa shape index (κ2) is 4.92. The Kier molecular flexibility index (Phi) is 3.70. The van der Waals surface area contributed by atoms with Gasteiger partial charge in [-0.1, -0.05) is 0 Å². The Morgan fingerprint density at radius 1 is 1.29 bits per heavy atom. The molecule has 1 aliphatic rings. The summed E-state index contributed by atoms with van der Waals surface area (Å²) in [5, 5.41) is 0.176. The zero-order chi connectivity index (χ0) is 12.5. The highest BCUT2D eigenvalue weighted by atomic mass is 35.5. The minimum absolute atomic E-state index is 0.0839. The van der Waals surface area contributed by atoms with E-state index < -0.39 is 15.8 Å². The number of halogens is 2. The average molecular weight is 278 g/mol. The Hall–Kier alpha value is -0.650. The summed E-state index contributed by atoms with van der Waals surface area (Å²) in [6.07, 6.45) is 1.68. The zero-order valence-electron chi connectivity index (χ0n) is 9.07. The third-order valence-corrected chi connectivity index (χ3v) is 4.66. The first-order valence-corrected chi connectivity index (χ1v) is 7.28. The van der Waals surface area contributed by atoms with Crippen LogP contribution < -0.4 is 4.72 Å². The molecule has 0 aromatic heterocycles. The van der Waals surface area contributed by atoms with Gasteiger partial charge in [0.15, 0.2) is 0 Å². The van der Waals surface area contributed by atoms with Crippen LogP contribution in [-0.2, 0) is 10.0 Å². The van der Waals surface area contributed by atoms with E-state index in [1.807, 2.05) is 0 Å². The number of sulfonamides is 1. The van der Waals surface area contributed by atoms with Gasteiger partial charge in [-0.3, -0.25) is 0 Å². The van der Waals surface area contributed by atoms with Gasteiger partial charge in [0.05, 0.1) is 4.90 Å². The molecule has 0 amide bonds. The van der Waals surface area contributed by atoms with Crippen LogP contribution in [0.3, 0.4) is 0 Å². The first-order valence-electron chi connectivity index (χ1n) is 5.36. The van der Waals surface area contributed by atoms with Crippen molar-refractivity contribution in [1.82, 2.24) is 4.72 Å². The monoisotopic (exact) mass is 277 g/mol. The Bertz CT molecular complexity index is 483. The summed E-state index contributed by atoms with van der Waals surface area (Å²) in [6, 6.07) is 4.77. The van der Waals surface area contributed by atoms with Crippen molar-refractivity contribution < 1.29 is 12.8 Å². The summed E-state index contributed by atoms with van der Waals surface area (Å²) < 4.78 is 38.8. The van der Waals surface area contributed by atoms with E-state index in [0.29, 0.717) is 12.5 Å². The molecule has 6 heteroatoms. The van der Waals surface area contributed by atoms with E-state index in [0.717, 1.165) is 25.0 Å². The van der Waals surface area contributed by atoms with E-state index in [1.54, 1.807) is 0 Å². The highest BCUT2D eigenvalue weighted by molar-refractivity contribution is 7.89. The largest absolute Gasteiger partial charge is 0.240 e. The van der Waals surface area contributed by atoms with Crippen molar-refractivity contribution in [3.63, 3.8) is 0 Å². The fourth-order valence-corrected chi connectivity index (χ4v) is 3.37. The third-order valence-electron chi connectivity index (χ3n) is 2.86. The molecule has 0 bridgehead atoms. The average Bonchev–Trinajstić information content (AvgIpc) is 2.23. The van der Waals surface area contributed by atoms with Crippen molar-refractivity contribution >= 4 is 21.6 Å². The van der Waals surface area contributed by atoms with Gasteiger partial charge in [-0.2, -0.15) is 0 Å². The highest BCUT2D eigenvalue weighted by Gasteiger charge is 2.28. The van der Waals surface area contributed by atoms with Gasteiger partial charge < -0.3 is 0 Å². The molecule has 1 aliphatic carbocycles. The Labute approximate surface area is 105 Å². The molecule has 0 heterocycles. The van der Waals surface area contributed by atoms with Gasteiger partial charge in [0.2, 0.25) is 10.0 Å². The van der Waals surface area contributed by atoms with E-state index in [1.165, 1.54) is 12.1 Å². The van der Waals surface area contributed by atoms with E-state index in [9.17, 15) is 12.8 Å². The minimum Gasteiger partial charge on any atom is -0.211 e. The number of benzene rings is 1. The van der Waals surface area contributed by atoms with Crippen molar-refractivity contribution in [2.24, 2.45) is 5.92 Å². The molecule has 1 N–H and O–H groups in total. The summed E-state index contributed by atoms with van der Waals surface area (Å²) >= 11 is 5.81. The maximum Gasteiger partial charge on any atom is 0.240 e. The molecule has 3 nitrogen and oxygen atoms in total. The predicted molar refractivity (Wildman–Crippen MR) is 64.0 cm³/mol. The Morgan fingerprint density at radius 3 is 2.41 bits per heavy atom. The number of hydrogen-bond donors (Lipinski definition) is 1. The molecule has 1 aromatic carbocycles. The Balaban J connectivity index is 1.96. The third kappa shape index (κ3) is 3.18. The standard InChI is InChI=1S/C11H13ClFNO2S/c12-9-5-8(6-9)7-14-17(15,16)11-3-1-10(13)2-4-11/h1-4,8-9,14H,5-7H2. The van der Waals surface area contributed by atoms with Crippen molar-refractivity contribution in [3.8, 4) is 0 Å². The van der Waals surface area contributed by atoms with Crippen molar-refractivity contribution in [2.75, 3.05) is 6.54 Å². The highest BCUT2D eigenvalue weighted by Crippen LogP contribution is 2.31. The topological polar surface area (TPSA) is 46.2 Å². The smallest absolute Gasteiger partial charge is 0.211 e. The molecular formula is C11H13ClFNO2S. The summed E-state index contributed by atoms with van der Waals surface area (Å²) in [6.45, 7) is 0.392. The van der Waals surface area contributed by atoms with Crippen LogP contribution in [0, 0.1) is 11.7 Å². The van der Waals surface area contributed by atoms with Crippen LogP contribution in [0.5, 0.6) is 0 Å². The van der Waals surface area contributed by atoms with Crippen molar-refractivity contribution in [2.45, 2.75) is 23.1 Å². The van der Waals surface area contributed by atoms with Gasteiger partial charge in [-0.25, -0.2) is 17.5 Å². The summed E-state index contributed by atoms with van der Waals surface area (Å²) in [5.41, 5.74) is 0. The molecule has 17 heavy (non-hydrogen) atoms. The predicted octanol–water partition coefficient (Wildman–Crippen LogP) is 2.12. The zero-order valence-corrected chi connectivity index (χ0v) is 10.6. The molecule has 0 aliphatic heterocycles. The number of alkyl halides is 1. The van der Waals surface area contributed by atoms with Gasteiger partial charge in [0.1, 0.15) is 5.82 Å². The van der Waals surface area contributed by atoms with Crippen LogP contribution in [0.25, 0.3) is 0 Å². The van der Waals surface area contributed by atoms with E-state index in [2.05, 4.69) is 4.72 Å². The molecule has 0 saturated heterocycles. The van der Waals surface area contributed by atoms with E-state index >= 15 is 0 Å². The molecule has 1 saturated carbocycles. The fourth-order valence-electron chi connectivity index (χ4n) is 1.75. The lowest BCUT2D eigenvalue weighted by atomic mass is 9.85. The van der Waals surface area contributed by atoms with Crippen LogP contribution in [-0.4, -0.2) is 20.3 Å². The lowest BCUT2D eigenvalue weighted by molar-refractivity contribution is 0.324.